The lowest BCUT2D eigenvalue weighted by atomic mass is 9.96. The Morgan fingerprint density at radius 1 is 1.30 bits per heavy atom. The first kappa shape index (κ1) is 18.7. The highest BCUT2D eigenvalue weighted by atomic mass is 16.4. The Bertz CT molecular complexity index is 587. The molecule has 1 aromatic rings. The number of benzene rings is 1. The Morgan fingerprint density at radius 2 is 1.91 bits per heavy atom. The number of carboxylic acid groups (broad SMARTS) is 1. The van der Waals surface area contributed by atoms with Crippen molar-refractivity contribution in [3.05, 3.63) is 59.7 Å². The molecule has 0 aromatic heterocycles. The van der Waals surface area contributed by atoms with Crippen molar-refractivity contribution in [1.29, 1.82) is 0 Å². The van der Waals surface area contributed by atoms with E-state index in [-0.39, 0.29) is 11.9 Å². The molecule has 0 aliphatic heterocycles. The minimum Gasteiger partial charge on any atom is -0.481 e. The molecule has 0 aliphatic carbocycles. The molecule has 0 heterocycles. The summed E-state index contributed by atoms with van der Waals surface area (Å²) < 4.78 is 0. The second-order valence-corrected chi connectivity index (χ2v) is 5.70. The maximum absolute atomic E-state index is 12.4. The summed E-state index contributed by atoms with van der Waals surface area (Å²) in [6, 6.07) is 7.10. The standard InChI is InChI=1S/C19H25NO3/c1-5-7-13(3)17(12-14(4)19(22)23)20-18(21)16-10-8-15(6-2)9-11-16/h5,7-11,14,17H,1,6,12H2,2-4H3,(H,20,21)(H,22,23). The van der Waals surface area contributed by atoms with Gasteiger partial charge in [-0.1, -0.05) is 50.3 Å². The zero-order chi connectivity index (χ0) is 17.4. The van der Waals surface area contributed by atoms with E-state index in [0.717, 1.165) is 12.0 Å². The van der Waals surface area contributed by atoms with E-state index in [4.69, 9.17) is 5.11 Å². The lowest BCUT2D eigenvalue weighted by Gasteiger charge is -2.21. The van der Waals surface area contributed by atoms with Gasteiger partial charge in [0.25, 0.3) is 5.91 Å². The fourth-order valence-electron chi connectivity index (χ4n) is 2.25. The first-order valence-electron chi connectivity index (χ1n) is 7.80. The summed E-state index contributed by atoms with van der Waals surface area (Å²) in [6.45, 7) is 9.21. The number of allylic oxidation sites excluding steroid dienone is 2. The number of rotatable bonds is 8. The predicted octanol–water partition coefficient (Wildman–Crippen LogP) is 3.59. The smallest absolute Gasteiger partial charge is 0.306 e. The van der Waals surface area contributed by atoms with Crippen LogP contribution in [0.1, 0.15) is 43.1 Å². The summed E-state index contributed by atoms with van der Waals surface area (Å²) in [7, 11) is 0. The number of nitrogens with one attached hydrogen (secondary N) is 1. The van der Waals surface area contributed by atoms with E-state index in [1.54, 1.807) is 31.2 Å². The summed E-state index contributed by atoms with van der Waals surface area (Å²) in [6.07, 6.45) is 4.68. The third-order valence-corrected chi connectivity index (χ3v) is 3.87. The number of hydrogen-bond acceptors (Lipinski definition) is 2. The Balaban J connectivity index is 2.89. The van der Waals surface area contributed by atoms with Gasteiger partial charge in [0.1, 0.15) is 0 Å². The minimum atomic E-state index is -0.872. The van der Waals surface area contributed by atoms with E-state index in [0.29, 0.717) is 12.0 Å². The summed E-state index contributed by atoms with van der Waals surface area (Å²) in [4.78, 5) is 23.5. The molecule has 23 heavy (non-hydrogen) atoms. The summed E-state index contributed by atoms with van der Waals surface area (Å²) in [5.74, 6) is -1.62. The average Bonchev–Trinajstić information content (AvgIpc) is 2.54. The fraction of sp³-hybridized carbons (Fsp3) is 0.368. The highest BCUT2D eigenvalue weighted by Gasteiger charge is 2.21. The molecule has 0 fully saturated rings. The molecular formula is C19H25NO3. The quantitative estimate of drug-likeness (QED) is 0.720. The van der Waals surface area contributed by atoms with Crippen molar-refractivity contribution in [3.63, 3.8) is 0 Å². The van der Waals surface area contributed by atoms with Crippen LogP contribution in [-0.4, -0.2) is 23.0 Å². The molecule has 0 saturated heterocycles. The van der Waals surface area contributed by atoms with Gasteiger partial charge in [-0.3, -0.25) is 9.59 Å². The van der Waals surface area contributed by atoms with Gasteiger partial charge in [0.15, 0.2) is 0 Å². The Hall–Kier alpha value is -2.36. The van der Waals surface area contributed by atoms with Crippen molar-refractivity contribution in [1.82, 2.24) is 5.32 Å². The molecule has 2 unspecified atom stereocenters. The summed E-state index contributed by atoms with van der Waals surface area (Å²) in [5, 5.41) is 12.0. The van der Waals surface area contributed by atoms with Crippen LogP contribution in [-0.2, 0) is 11.2 Å². The van der Waals surface area contributed by atoms with Crippen LogP contribution in [0.25, 0.3) is 0 Å². The van der Waals surface area contributed by atoms with Crippen LogP contribution in [0, 0.1) is 5.92 Å². The van der Waals surface area contributed by atoms with Crippen LogP contribution in [0.5, 0.6) is 0 Å². The maximum atomic E-state index is 12.4. The van der Waals surface area contributed by atoms with Gasteiger partial charge in [0, 0.05) is 5.56 Å². The largest absolute Gasteiger partial charge is 0.481 e. The molecule has 0 aliphatic rings. The van der Waals surface area contributed by atoms with Crippen molar-refractivity contribution in [2.45, 2.75) is 39.7 Å². The molecule has 4 nitrogen and oxygen atoms in total. The molecule has 0 bridgehead atoms. The zero-order valence-electron chi connectivity index (χ0n) is 14.0. The van der Waals surface area contributed by atoms with E-state index in [2.05, 4.69) is 18.8 Å². The van der Waals surface area contributed by atoms with E-state index in [1.807, 2.05) is 19.1 Å². The Kier molecular flexibility index (Phi) is 7.26. The first-order valence-corrected chi connectivity index (χ1v) is 7.80. The van der Waals surface area contributed by atoms with Crippen LogP contribution < -0.4 is 5.32 Å². The van der Waals surface area contributed by atoms with Crippen molar-refractivity contribution >= 4 is 11.9 Å². The number of carbonyl (C=O) groups excluding carboxylic acids is 1. The van der Waals surface area contributed by atoms with Gasteiger partial charge in [-0.05, 0) is 37.5 Å². The highest BCUT2D eigenvalue weighted by Crippen LogP contribution is 2.15. The molecule has 4 heteroatoms. The van der Waals surface area contributed by atoms with Gasteiger partial charge in [0.05, 0.1) is 12.0 Å². The topological polar surface area (TPSA) is 66.4 Å². The van der Waals surface area contributed by atoms with Crippen molar-refractivity contribution in [2.24, 2.45) is 5.92 Å². The van der Waals surface area contributed by atoms with E-state index >= 15 is 0 Å². The lowest BCUT2D eigenvalue weighted by molar-refractivity contribution is -0.141. The van der Waals surface area contributed by atoms with E-state index in [1.165, 1.54) is 5.56 Å². The third-order valence-electron chi connectivity index (χ3n) is 3.87. The molecule has 1 aromatic carbocycles. The van der Waals surface area contributed by atoms with Crippen LogP contribution >= 0.6 is 0 Å². The highest BCUT2D eigenvalue weighted by molar-refractivity contribution is 5.94. The van der Waals surface area contributed by atoms with E-state index < -0.39 is 11.9 Å². The number of aryl methyl sites for hydroxylation is 1. The van der Waals surface area contributed by atoms with Crippen molar-refractivity contribution < 1.29 is 14.7 Å². The molecule has 2 N–H and O–H groups in total. The summed E-state index contributed by atoms with van der Waals surface area (Å²) in [5.41, 5.74) is 2.62. The Morgan fingerprint density at radius 3 is 2.39 bits per heavy atom. The first-order chi connectivity index (χ1) is 10.9. The van der Waals surface area contributed by atoms with Gasteiger partial charge < -0.3 is 10.4 Å². The van der Waals surface area contributed by atoms with Crippen LogP contribution in [0.2, 0.25) is 0 Å². The number of amides is 1. The lowest BCUT2D eigenvalue weighted by Crippen LogP contribution is -2.38. The van der Waals surface area contributed by atoms with Crippen molar-refractivity contribution in [2.75, 3.05) is 0 Å². The molecular weight excluding hydrogens is 290 g/mol. The fourth-order valence-corrected chi connectivity index (χ4v) is 2.25. The van der Waals surface area contributed by atoms with Crippen molar-refractivity contribution in [3.8, 4) is 0 Å². The maximum Gasteiger partial charge on any atom is 0.306 e. The van der Waals surface area contributed by atoms with Gasteiger partial charge >= 0.3 is 5.97 Å². The minimum absolute atomic E-state index is 0.202. The van der Waals surface area contributed by atoms with Crippen LogP contribution in [0.3, 0.4) is 0 Å². The second kappa shape index (κ2) is 8.93. The molecule has 0 radical (unpaired) electrons. The van der Waals surface area contributed by atoms with Crippen LogP contribution in [0.15, 0.2) is 48.6 Å². The Labute approximate surface area is 137 Å². The normalized spacial score (nSPS) is 14.0. The van der Waals surface area contributed by atoms with Gasteiger partial charge in [-0.25, -0.2) is 0 Å². The average molecular weight is 315 g/mol. The number of hydrogen-bond donors (Lipinski definition) is 2. The monoisotopic (exact) mass is 315 g/mol. The number of aliphatic carboxylic acids is 1. The number of carboxylic acids is 1. The van der Waals surface area contributed by atoms with Gasteiger partial charge in [0.2, 0.25) is 0 Å². The third kappa shape index (κ3) is 5.74. The second-order valence-electron chi connectivity index (χ2n) is 5.70. The molecule has 1 amide bonds. The zero-order valence-corrected chi connectivity index (χ0v) is 14.0. The molecule has 0 spiro atoms. The van der Waals surface area contributed by atoms with E-state index in [9.17, 15) is 9.59 Å². The van der Waals surface area contributed by atoms with Crippen LogP contribution in [0.4, 0.5) is 0 Å². The SMILES string of the molecule is C=CC=C(C)C(CC(C)C(=O)O)NC(=O)c1ccc(CC)cc1. The predicted molar refractivity (Wildman–Crippen MR) is 92.4 cm³/mol. The molecule has 2 atom stereocenters. The van der Waals surface area contributed by atoms with Gasteiger partial charge in [-0.15, -0.1) is 0 Å². The summed E-state index contributed by atoms with van der Waals surface area (Å²) >= 11 is 0. The molecule has 1 rings (SSSR count). The van der Waals surface area contributed by atoms with Gasteiger partial charge in [-0.2, -0.15) is 0 Å². The molecule has 124 valence electrons. The molecule has 0 saturated carbocycles. The number of carbonyl (C=O) groups is 2.